The summed E-state index contributed by atoms with van der Waals surface area (Å²) in [7, 11) is 0. The van der Waals surface area contributed by atoms with Crippen LogP contribution in [-0.4, -0.2) is 40.4 Å². The Morgan fingerprint density at radius 2 is 1.25 bits per heavy atom. The average Bonchev–Trinajstić information content (AvgIpc) is 2.31. The van der Waals surface area contributed by atoms with Crippen molar-refractivity contribution in [3.8, 4) is 0 Å². The molecule has 0 saturated heterocycles. The van der Waals surface area contributed by atoms with Gasteiger partial charge in [0, 0.05) is 19.8 Å². The number of hydrogen-bond acceptors (Lipinski definition) is 6. The van der Waals surface area contributed by atoms with Crippen LogP contribution in [0, 0.1) is 0 Å². The standard InChI is InChI=1S/C12H18O8/c1-8(20-12(18)7-6-10(15)16)19-11(17)5-3-2-4-9(13)14/h8H,2-7H2,1H3,(H,13,14)(H,15,16). The van der Waals surface area contributed by atoms with E-state index >= 15 is 0 Å². The lowest BCUT2D eigenvalue weighted by atomic mass is 10.2. The number of ether oxygens (including phenoxy) is 2. The fourth-order valence-electron chi connectivity index (χ4n) is 1.27. The molecular weight excluding hydrogens is 272 g/mol. The summed E-state index contributed by atoms with van der Waals surface area (Å²) < 4.78 is 9.43. The van der Waals surface area contributed by atoms with Crippen molar-refractivity contribution >= 4 is 23.9 Å². The van der Waals surface area contributed by atoms with E-state index in [4.69, 9.17) is 14.9 Å². The number of carboxylic acids is 2. The van der Waals surface area contributed by atoms with E-state index < -0.39 is 30.2 Å². The summed E-state index contributed by atoms with van der Waals surface area (Å²) in [6.45, 7) is 1.34. The van der Waals surface area contributed by atoms with Gasteiger partial charge in [-0.15, -0.1) is 0 Å². The second-order valence-electron chi connectivity index (χ2n) is 4.04. The molecule has 0 aliphatic carbocycles. The fourth-order valence-corrected chi connectivity index (χ4v) is 1.27. The van der Waals surface area contributed by atoms with Crippen LogP contribution in [0.4, 0.5) is 0 Å². The monoisotopic (exact) mass is 290 g/mol. The molecule has 0 aromatic rings. The molecule has 0 radical (unpaired) electrons. The third-order valence-corrected chi connectivity index (χ3v) is 2.16. The van der Waals surface area contributed by atoms with Crippen LogP contribution in [0.2, 0.25) is 0 Å². The first kappa shape index (κ1) is 17.9. The maximum Gasteiger partial charge on any atom is 0.309 e. The summed E-state index contributed by atoms with van der Waals surface area (Å²) in [5.41, 5.74) is 0. The van der Waals surface area contributed by atoms with Crippen molar-refractivity contribution in [2.24, 2.45) is 0 Å². The van der Waals surface area contributed by atoms with Crippen molar-refractivity contribution in [1.29, 1.82) is 0 Å². The van der Waals surface area contributed by atoms with Crippen molar-refractivity contribution in [2.45, 2.75) is 51.7 Å². The van der Waals surface area contributed by atoms with Crippen molar-refractivity contribution in [3.05, 3.63) is 0 Å². The van der Waals surface area contributed by atoms with Crippen LogP contribution in [-0.2, 0) is 28.7 Å². The Bertz CT molecular complexity index is 362. The molecule has 0 rings (SSSR count). The molecule has 8 heteroatoms. The van der Waals surface area contributed by atoms with Crippen molar-refractivity contribution in [1.82, 2.24) is 0 Å². The first-order valence-electron chi connectivity index (χ1n) is 6.13. The molecule has 8 nitrogen and oxygen atoms in total. The van der Waals surface area contributed by atoms with Gasteiger partial charge in [0.15, 0.2) is 0 Å². The number of hydrogen-bond donors (Lipinski definition) is 2. The lowest BCUT2D eigenvalue weighted by Gasteiger charge is -2.13. The van der Waals surface area contributed by atoms with E-state index in [-0.39, 0.29) is 25.7 Å². The minimum absolute atomic E-state index is 0.0208. The van der Waals surface area contributed by atoms with E-state index in [0.29, 0.717) is 12.8 Å². The zero-order valence-electron chi connectivity index (χ0n) is 11.2. The highest BCUT2D eigenvalue weighted by Crippen LogP contribution is 2.05. The van der Waals surface area contributed by atoms with Gasteiger partial charge in [-0.2, -0.15) is 0 Å². The van der Waals surface area contributed by atoms with Crippen LogP contribution in [0.15, 0.2) is 0 Å². The average molecular weight is 290 g/mol. The second-order valence-corrected chi connectivity index (χ2v) is 4.04. The molecule has 1 unspecified atom stereocenters. The third kappa shape index (κ3) is 11.0. The predicted molar refractivity (Wildman–Crippen MR) is 64.6 cm³/mol. The van der Waals surface area contributed by atoms with Gasteiger partial charge in [-0.05, 0) is 12.8 Å². The van der Waals surface area contributed by atoms with E-state index in [1.807, 2.05) is 0 Å². The van der Waals surface area contributed by atoms with E-state index in [1.54, 1.807) is 0 Å². The Kier molecular flexibility index (Phi) is 8.73. The van der Waals surface area contributed by atoms with Gasteiger partial charge >= 0.3 is 23.9 Å². The van der Waals surface area contributed by atoms with Gasteiger partial charge in [-0.3, -0.25) is 19.2 Å². The quantitative estimate of drug-likeness (QED) is 0.345. The van der Waals surface area contributed by atoms with Crippen LogP contribution in [0.3, 0.4) is 0 Å². The molecule has 0 aliphatic rings. The fraction of sp³-hybridized carbons (Fsp3) is 0.667. The first-order valence-corrected chi connectivity index (χ1v) is 6.13. The summed E-state index contributed by atoms with van der Waals surface area (Å²) >= 11 is 0. The van der Waals surface area contributed by atoms with Crippen LogP contribution in [0.1, 0.15) is 45.4 Å². The second kappa shape index (κ2) is 9.76. The molecule has 0 aliphatic heterocycles. The molecule has 2 N–H and O–H groups in total. The van der Waals surface area contributed by atoms with Gasteiger partial charge in [0.2, 0.25) is 6.29 Å². The molecule has 0 heterocycles. The maximum atomic E-state index is 11.3. The Morgan fingerprint density at radius 1 is 0.800 bits per heavy atom. The molecular formula is C12H18O8. The van der Waals surface area contributed by atoms with E-state index in [2.05, 4.69) is 4.74 Å². The molecule has 0 spiro atoms. The zero-order chi connectivity index (χ0) is 15.5. The van der Waals surface area contributed by atoms with E-state index in [1.165, 1.54) is 6.92 Å². The lowest BCUT2D eigenvalue weighted by molar-refractivity contribution is -0.185. The summed E-state index contributed by atoms with van der Waals surface area (Å²) in [6, 6.07) is 0. The Labute approximate surface area is 115 Å². The molecule has 0 fully saturated rings. The largest absolute Gasteiger partial charge is 0.481 e. The summed E-state index contributed by atoms with van der Waals surface area (Å²) in [6.07, 6.45) is -1.01. The molecule has 0 bridgehead atoms. The number of esters is 2. The predicted octanol–water partition coefficient (Wildman–Crippen LogP) is 0.929. The molecule has 0 saturated carbocycles. The van der Waals surface area contributed by atoms with Gasteiger partial charge in [-0.1, -0.05) is 0 Å². The van der Waals surface area contributed by atoms with Crippen LogP contribution >= 0.6 is 0 Å². The number of carboxylic acid groups (broad SMARTS) is 2. The summed E-state index contributed by atoms with van der Waals surface area (Å²) in [5.74, 6) is -3.42. The first-order chi connectivity index (χ1) is 9.31. The summed E-state index contributed by atoms with van der Waals surface area (Å²) in [4.78, 5) is 42.9. The molecule has 20 heavy (non-hydrogen) atoms. The Hall–Kier alpha value is -2.12. The summed E-state index contributed by atoms with van der Waals surface area (Å²) in [5, 5.41) is 16.8. The van der Waals surface area contributed by atoms with Crippen molar-refractivity contribution in [3.63, 3.8) is 0 Å². The maximum absolute atomic E-state index is 11.3. The Balaban J connectivity index is 3.76. The number of aliphatic carboxylic acids is 2. The molecule has 0 aromatic carbocycles. The molecule has 114 valence electrons. The van der Waals surface area contributed by atoms with E-state index in [0.717, 1.165) is 0 Å². The highest BCUT2D eigenvalue weighted by Gasteiger charge is 2.15. The van der Waals surface area contributed by atoms with Crippen molar-refractivity contribution < 1.29 is 38.9 Å². The smallest absolute Gasteiger partial charge is 0.309 e. The highest BCUT2D eigenvalue weighted by molar-refractivity contribution is 5.76. The van der Waals surface area contributed by atoms with Gasteiger partial charge in [0.25, 0.3) is 0 Å². The number of unbranched alkanes of at least 4 members (excludes halogenated alkanes) is 1. The Morgan fingerprint density at radius 3 is 1.75 bits per heavy atom. The highest BCUT2D eigenvalue weighted by atomic mass is 16.7. The molecule has 1 atom stereocenters. The number of carbonyl (C=O) groups is 4. The van der Waals surface area contributed by atoms with Crippen LogP contribution in [0.25, 0.3) is 0 Å². The van der Waals surface area contributed by atoms with E-state index in [9.17, 15) is 19.2 Å². The van der Waals surface area contributed by atoms with Gasteiger partial charge in [-0.25, -0.2) is 0 Å². The molecule has 0 aromatic heterocycles. The number of rotatable bonds is 10. The van der Waals surface area contributed by atoms with Crippen LogP contribution < -0.4 is 0 Å². The normalized spacial score (nSPS) is 11.4. The van der Waals surface area contributed by atoms with Gasteiger partial charge in [0.05, 0.1) is 12.8 Å². The topological polar surface area (TPSA) is 127 Å². The molecule has 0 amide bonds. The zero-order valence-corrected chi connectivity index (χ0v) is 11.2. The van der Waals surface area contributed by atoms with Gasteiger partial charge < -0.3 is 19.7 Å². The number of carbonyl (C=O) groups excluding carboxylic acids is 2. The lowest BCUT2D eigenvalue weighted by Crippen LogP contribution is -2.22. The van der Waals surface area contributed by atoms with Crippen LogP contribution in [0.5, 0.6) is 0 Å². The SMILES string of the molecule is CC(OC(=O)CCCCC(=O)O)OC(=O)CCC(=O)O. The van der Waals surface area contributed by atoms with Gasteiger partial charge in [0.1, 0.15) is 0 Å². The minimum Gasteiger partial charge on any atom is -0.481 e. The minimum atomic E-state index is -1.12. The van der Waals surface area contributed by atoms with Crippen molar-refractivity contribution in [2.75, 3.05) is 0 Å². The third-order valence-electron chi connectivity index (χ3n) is 2.16.